The van der Waals surface area contributed by atoms with E-state index in [1.807, 2.05) is 6.92 Å². The second-order valence-corrected chi connectivity index (χ2v) is 7.01. The van der Waals surface area contributed by atoms with Crippen molar-refractivity contribution < 1.29 is 28.6 Å². The van der Waals surface area contributed by atoms with Crippen molar-refractivity contribution in [1.82, 2.24) is 5.43 Å². The first-order chi connectivity index (χ1) is 17.0. The first-order valence-electron chi connectivity index (χ1n) is 10.9. The van der Waals surface area contributed by atoms with Gasteiger partial charge in [0.2, 0.25) is 0 Å². The average molecular weight is 476 g/mol. The van der Waals surface area contributed by atoms with Crippen molar-refractivity contribution in [2.45, 2.75) is 13.8 Å². The van der Waals surface area contributed by atoms with Gasteiger partial charge < -0.3 is 19.5 Å². The molecule has 0 bridgehead atoms. The minimum Gasteiger partial charge on any atom is -0.494 e. The van der Waals surface area contributed by atoms with Crippen molar-refractivity contribution in [3.63, 3.8) is 0 Å². The summed E-state index contributed by atoms with van der Waals surface area (Å²) in [7, 11) is 0. The highest BCUT2D eigenvalue weighted by molar-refractivity contribution is 6.39. The van der Waals surface area contributed by atoms with E-state index in [0.29, 0.717) is 41.5 Å². The number of hydrogen-bond donors (Lipinski definition) is 2. The lowest BCUT2D eigenvalue weighted by Crippen LogP contribution is -2.32. The van der Waals surface area contributed by atoms with Gasteiger partial charge in [0.15, 0.2) is 11.5 Å². The third-order valence-electron chi connectivity index (χ3n) is 4.49. The van der Waals surface area contributed by atoms with Crippen LogP contribution in [0.1, 0.15) is 29.8 Å². The van der Waals surface area contributed by atoms with E-state index in [4.69, 9.17) is 14.2 Å². The number of rotatable bonds is 9. The zero-order valence-corrected chi connectivity index (χ0v) is 19.3. The summed E-state index contributed by atoms with van der Waals surface area (Å²) in [5, 5.41) is 6.27. The van der Waals surface area contributed by atoms with Gasteiger partial charge in [0.05, 0.1) is 25.0 Å². The summed E-state index contributed by atoms with van der Waals surface area (Å²) in [6.07, 6.45) is 1.34. The number of benzene rings is 3. The lowest BCUT2D eigenvalue weighted by atomic mass is 10.2. The Morgan fingerprint density at radius 1 is 0.829 bits per heavy atom. The molecule has 0 aromatic heterocycles. The number of hydrazone groups is 1. The van der Waals surface area contributed by atoms with Crippen molar-refractivity contribution in [2.24, 2.45) is 5.10 Å². The standard InChI is InChI=1S/C26H25N3O6/c1-3-33-21-13-11-19(12-14-21)26(32)35-22-15-10-18(16-23(22)34-4-2)17-27-29-25(31)24(30)28-20-8-6-5-7-9-20/h5-17H,3-4H2,1-2H3,(H,28,30)(H,29,31)/b27-17+. The summed E-state index contributed by atoms with van der Waals surface area (Å²) in [4.78, 5) is 36.4. The Morgan fingerprint density at radius 3 is 2.23 bits per heavy atom. The van der Waals surface area contributed by atoms with Crippen LogP contribution in [0.5, 0.6) is 17.2 Å². The van der Waals surface area contributed by atoms with Gasteiger partial charge in [-0.2, -0.15) is 5.10 Å². The SMILES string of the molecule is CCOc1ccc(C(=O)Oc2ccc(/C=N/NC(=O)C(=O)Nc3ccccc3)cc2OCC)cc1. The molecule has 0 spiro atoms. The van der Waals surface area contributed by atoms with Gasteiger partial charge in [0.1, 0.15) is 5.75 Å². The maximum absolute atomic E-state index is 12.5. The van der Waals surface area contributed by atoms with Crippen LogP contribution in [-0.2, 0) is 9.59 Å². The normalized spacial score (nSPS) is 10.5. The number of carbonyl (C=O) groups excluding carboxylic acids is 3. The van der Waals surface area contributed by atoms with Crippen LogP contribution in [0.3, 0.4) is 0 Å². The lowest BCUT2D eigenvalue weighted by molar-refractivity contribution is -0.136. The Morgan fingerprint density at radius 2 is 1.54 bits per heavy atom. The van der Waals surface area contributed by atoms with Gasteiger partial charge in [0.25, 0.3) is 0 Å². The van der Waals surface area contributed by atoms with Crippen LogP contribution in [0.4, 0.5) is 5.69 Å². The van der Waals surface area contributed by atoms with Crippen molar-refractivity contribution >= 4 is 29.7 Å². The number of nitrogens with one attached hydrogen (secondary N) is 2. The van der Waals surface area contributed by atoms with Gasteiger partial charge in [-0.3, -0.25) is 9.59 Å². The molecule has 35 heavy (non-hydrogen) atoms. The maximum atomic E-state index is 12.5. The van der Waals surface area contributed by atoms with E-state index in [0.717, 1.165) is 0 Å². The van der Waals surface area contributed by atoms with Crippen LogP contribution in [-0.4, -0.2) is 37.2 Å². The smallest absolute Gasteiger partial charge is 0.343 e. The fourth-order valence-electron chi connectivity index (χ4n) is 2.90. The molecule has 0 fully saturated rings. The molecule has 0 heterocycles. The maximum Gasteiger partial charge on any atom is 0.343 e. The highest BCUT2D eigenvalue weighted by Crippen LogP contribution is 2.29. The highest BCUT2D eigenvalue weighted by Gasteiger charge is 2.14. The number of carbonyl (C=O) groups is 3. The summed E-state index contributed by atoms with van der Waals surface area (Å²) in [6.45, 7) is 4.54. The van der Waals surface area contributed by atoms with Crippen molar-refractivity contribution in [3.05, 3.63) is 83.9 Å². The quantitative estimate of drug-likeness (QED) is 0.160. The zero-order chi connectivity index (χ0) is 25.0. The predicted molar refractivity (Wildman–Crippen MR) is 131 cm³/mol. The Labute approximate surface area is 202 Å². The fourth-order valence-corrected chi connectivity index (χ4v) is 2.90. The third kappa shape index (κ3) is 7.43. The molecule has 2 amide bonds. The molecule has 9 heteroatoms. The molecular formula is C26H25N3O6. The molecule has 0 radical (unpaired) electrons. The number of hydrogen-bond acceptors (Lipinski definition) is 7. The first-order valence-corrected chi connectivity index (χ1v) is 10.9. The van der Waals surface area contributed by atoms with Gasteiger partial charge in [-0.25, -0.2) is 10.2 Å². The minimum absolute atomic E-state index is 0.231. The molecule has 3 aromatic carbocycles. The molecule has 0 unspecified atom stereocenters. The van der Waals surface area contributed by atoms with Gasteiger partial charge >= 0.3 is 17.8 Å². The van der Waals surface area contributed by atoms with Crippen LogP contribution in [0.25, 0.3) is 0 Å². The second kappa shape index (κ2) is 12.5. The molecular weight excluding hydrogens is 450 g/mol. The highest BCUT2D eigenvalue weighted by atomic mass is 16.6. The van der Waals surface area contributed by atoms with Gasteiger partial charge in [-0.15, -0.1) is 0 Å². The van der Waals surface area contributed by atoms with E-state index in [9.17, 15) is 14.4 Å². The van der Waals surface area contributed by atoms with E-state index in [2.05, 4.69) is 15.8 Å². The first kappa shape index (κ1) is 25.0. The predicted octanol–water partition coefficient (Wildman–Crippen LogP) is 3.79. The van der Waals surface area contributed by atoms with Crippen molar-refractivity contribution in [2.75, 3.05) is 18.5 Å². The zero-order valence-electron chi connectivity index (χ0n) is 19.3. The van der Waals surface area contributed by atoms with E-state index in [1.54, 1.807) is 79.7 Å². The number of nitrogens with zero attached hydrogens (tertiary/aromatic N) is 1. The van der Waals surface area contributed by atoms with Crippen LogP contribution in [0.15, 0.2) is 77.9 Å². The molecule has 0 atom stereocenters. The Hall–Kier alpha value is -4.66. The Bertz CT molecular complexity index is 1190. The number of ether oxygens (including phenoxy) is 3. The average Bonchev–Trinajstić information content (AvgIpc) is 2.87. The third-order valence-corrected chi connectivity index (χ3v) is 4.49. The number of para-hydroxylation sites is 1. The topological polar surface area (TPSA) is 115 Å². The Kier molecular flexibility index (Phi) is 8.95. The van der Waals surface area contributed by atoms with E-state index in [-0.39, 0.29) is 5.75 Å². The van der Waals surface area contributed by atoms with Gasteiger partial charge in [0, 0.05) is 5.69 Å². The summed E-state index contributed by atoms with van der Waals surface area (Å²) in [6, 6.07) is 20.0. The van der Waals surface area contributed by atoms with E-state index in [1.165, 1.54) is 6.21 Å². The van der Waals surface area contributed by atoms with Gasteiger partial charge in [-0.1, -0.05) is 18.2 Å². The summed E-state index contributed by atoms with van der Waals surface area (Å²) in [5.74, 6) is -1.10. The molecule has 180 valence electrons. The second-order valence-electron chi connectivity index (χ2n) is 7.01. The largest absolute Gasteiger partial charge is 0.494 e. The van der Waals surface area contributed by atoms with Crippen LogP contribution in [0, 0.1) is 0 Å². The molecule has 3 rings (SSSR count). The fraction of sp³-hybridized carbons (Fsp3) is 0.154. The summed E-state index contributed by atoms with van der Waals surface area (Å²) in [5.41, 5.74) is 3.57. The summed E-state index contributed by atoms with van der Waals surface area (Å²) < 4.78 is 16.5. The Balaban J connectivity index is 1.62. The number of anilines is 1. The molecule has 0 aliphatic rings. The monoisotopic (exact) mass is 475 g/mol. The van der Waals surface area contributed by atoms with Crippen molar-refractivity contribution in [1.29, 1.82) is 0 Å². The lowest BCUT2D eigenvalue weighted by Gasteiger charge is -2.11. The van der Waals surface area contributed by atoms with Crippen LogP contribution >= 0.6 is 0 Å². The van der Waals surface area contributed by atoms with E-state index >= 15 is 0 Å². The van der Waals surface area contributed by atoms with E-state index < -0.39 is 17.8 Å². The number of amides is 2. The molecule has 0 saturated heterocycles. The van der Waals surface area contributed by atoms with Crippen LogP contribution < -0.4 is 25.0 Å². The van der Waals surface area contributed by atoms with Crippen LogP contribution in [0.2, 0.25) is 0 Å². The molecule has 0 saturated carbocycles. The molecule has 0 aliphatic heterocycles. The number of esters is 1. The van der Waals surface area contributed by atoms with Crippen molar-refractivity contribution in [3.8, 4) is 17.2 Å². The molecule has 2 N–H and O–H groups in total. The minimum atomic E-state index is -0.920. The molecule has 9 nitrogen and oxygen atoms in total. The molecule has 0 aliphatic carbocycles. The summed E-state index contributed by atoms with van der Waals surface area (Å²) >= 11 is 0. The molecule has 3 aromatic rings. The van der Waals surface area contributed by atoms with Gasteiger partial charge in [-0.05, 0) is 74.0 Å².